The largest absolute Gasteiger partial charge is 0.457 e. The number of carbonyl (C=O) groups is 4. The Kier molecular flexibility index (Phi) is 58.4. The molecule has 0 aliphatic rings. The lowest BCUT2D eigenvalue weighted by atomic mass is 9.92. The van der Waals surface area contributed by atoms with Crippen molar-refractivity contribution >= 4 is 68.3 Å². The molecule has 0 atom stereocenters. The van der Waals surface area contributed by atoms with Gasteiger partial charge in [0.25, 0.3) is 0 Å². The molecular weight excluding hydrogens is 989 g/mol. The van der Waals surface area contributed by atoms with Gasteiger partial charge in [-0.05, 0) is 72.7 Å². The molecule has 8 nitrogen and oxygen atoms in total. The van der Waals surface area contributed by atoms with Gasteiger partial charge < -0.3 is 18.9 Å². The molecule has 0 aliphatic heterocycles. The van der Waals surface area contributed by atoms with Gasteiger partial charge in [0.1, 0.15) is 31.8 Å². The molecule has 0 rings (SSSR count). The van der Waals surface area contributed by atoms with Gasteiger partial charge in [-0.3, -0.25) is 0 Å². The second-order valence-electron chi connectivity index (χ2n) is 21.2. The fraction of sp³-hybridized carbons (Fsp3) is 0.934. The van der Waals surface area contributed by atoms with Crippen LogP contribution in [0.15, 0.2) is 0 Å². The molecule has 0 aromatic rings. The smallest absolute Gasteiger partial charge is 0.367 e. The van der Waals surface area contributed by atoms with E-state index >= 15 is 0 Å². The lowest BCUT2D eigenvalue weighted by Crippen LogP contribution is -2.43. The molecule has 0 aliphatic carbocycles. The van der Waals surface area contributed by atoms with Gasteiger partial charge in [0.2, 0.25) is 0 Å². The normalized spacial score (nSPS) is 11.6. The molecule has 0 saturated heterocycles. The Morgan fingerprint density at radius 2 is 0.370 bits per heavy atom. The number of carbonyl (C=O) groups excluding carboxylic acids is 4. The Morgan fingerprint density at radius 1 is 0.233 bits per heavy atom. The Hall–Kier alpha value is -0.720. The summed E-state index contributed by atoms with van der Waals surface area (Å²) in [4.78, 5) is 52.8. The van der Waals surface area contributed by atoms with Crippen molar-refractivity contribution in [3.05, 3.63) is 0 Å². The highest BCUT2D eigenvalue weighted by Crippen LogP contribution is 2.27. The van der Waals surface area contributed by atoms with Crippen molar-refractivity contribution in [3.63, 3.8) is 0 Å². The van der Waals surface area contributed by atoms with Gasteiger partial charge in [0, 0.05) is 23.0 Å². The van der Waals surface area contributed by atoms with E-state index in [2.05, 4.69) is 27.7 Å². The summed E-state index contributed by atoms with van der Waals surface area (Å²) in [6.45, 7) is 8.19. The molecule has 73 heavy (non-hydrogen) atoms. The van der Waals surface area contributed by atoms with Crippen LogP contribution in [0.1, 0.15) is 310 Å². The fourth-order valence-electron chi connectivity index (χ4n) is 8.95. The summed E-state index contributed by atoms with van der Waals surface area (Å²) < 4.78 is 23.5. The Labute approximate surface area is 468 Å². The van der Waals surface area contributed by atoms with E-state index in [1.807, 2.05) is 0 Å². The summed E-state index contributed by atoms with van der Waals surface area (Å²) >= 11 is 4.60. The van der Waals surface area contributed by atoms with E-state index in [0.29, 0.717) is 23.0 Å². The van der Waals surface area contributed by atoms with Crippen LogP contribution in [-0.2, 0) is 18.9 Å². The summed E-state index contributed by atoms with van der Waals surface area (Å²) in [5.41, 5.74) is -1.25. The fourth-order valence-corrected chi connectivity index (χ4v) is 11.6. The van der Waals surface area contributed by atoms with E-state index in [1.54, 1.807) is 0 Å². The lowest BCUT2D eigenvalue weighted by Gasteiger charge is -2.31. The number of rotatable bonds is 56. The molecule has 0 amide bonds. The van der Waals surface area contributed by atoms with Crippen LogP contribution in [0.2, 0.25) is 0 Å². The first-order chi connectivity index (χ1) is 35.8. The highest BCUT2D eigenvalue weighted by Gasteiger charge is 2.38. The second-order valence-corrected chi connectivity index (χ2v) is 25.3. The molecule has 0 saturated carbocycles. The second kappa shape index (κ2) is 59.0. The van der Waals surface area contributed by atoms with Crippen LogP contribution in [0, 0.1) is 5.41 Å². The van der Waals surface area contributed by atoms with Gasteiger partial charge in [-0.25, -0.2) is 19.2 Å². The van der Waals surface area contributed by atoms with Crippen molar-refractivity contribution in [2.24, 2.45) is 5.41 Å². The molecule has 0 radical (unpaired) electrons. The van der Waals surface area contributed by atoms with Gasteiger partial charge in [0.15, 0.2) is 0 Å². The van der Waals surface area contributed by atoms with E-state index in [4.69, 9.17) is 18.9 Å². The zero-order chi connectivity index (χ0) is 53.2. The molecule has 0 unspecified atom stereocenters. The number of hydrogen-bond donors (Lipinski definition) is 0. The molecule has 0 spiro atoms. The Bertz CT molecular complexity index is 1030. The summed E-state index contributed by atoms with van der Waals surface area (Å²) in [6.07, 6.45) is 54.5. The van der Waals surface area contributed by atoms with E-state index < -0.39 is 26.6 Å². The number of ether oxygens (including phenoxy) is 4. The van der Waals surface area contributed by atoms with Gasteiger partial charge in [0.05, 0.1) is 0 Å². The van der Waals surface area contributed by atoms with Crippen molar-refractivity contribution in [1.29, 1.82) is 0 Å². The third-order valence-electron chi connectivity index (χ3n) is 13.9. The molecule has 0 fully saturated rings. The van der Waals surface area contributed by atoms with Crippen LogP contribution < -0.4 is 0 Å². The zero-order valence-electron chi connectivity index (χ0n) is 48.2. The molecule has 0 heterocycles. The number of unbranched alkanes of at least 4 members (excludes halogenated alkanes) is 40. The molecule has 0 N–H and O–H groups in total. The van der Waals surface area contributed by atoms with Crippen LogP contribution in [0.3, 0.4) is 0 Å². The minimum absolute atomic E-state index is 0.208. The first-order valence-electron chi connectivity index (χ1n) is 31.0. The third-order valence-corrected chi connectivity index (χ3v) is 17.2. The van der Waals surface area contributed by atoms with Gasteiger partial charge in [-0.15, -0.1) is 0 Å². The van der Waals surface area contributed by atoms with Crippen LogP contribution in [0.25, 0.3) is 0 Å². The molecular formula is C61H116O8S4. The molecule has 432 valence electrons. The summed E-state index contributed by atoms with van der Waals surface area (Å²) in [6, 6.07) is 0. The van der Waals surface area contributed by atoms with Crippen LogP contribution in [-0.4, -0.2) is 70.6 Å². The van der Waals surface area contributed by atoms with Gasteiger partial charge in [-0.1, -0.05) is 285 Å². The Morgan fingerprint density at radius 3 is 0.521 bits per heavy atom. The predicted octanol–water partition coefficient (Wildman–Crippen LogP) is 22.7. The zero-order valence-corrected chi connectivity index (χ0v) is 51.4. The van der Waals surface area contributed by atoms with Gasteiger partial charge >= 0.3 is 21.2 Å². The summed E-state index contributed by atoms with van der Waals surface area (Å²) in [5.74, 6) is 2.62. The van der Waals surface area contributed by atoms with Crippen LogP contribution in [0.4, 0.5) is 19.2 Å². The van der Waals surface area contributed by atoms with Crippen molar-refractivity contribution in [2.45, 2.75) is 310 Å². The first-order valence-corrected chi connectivity index (χ1v) is 34.9. The summed E-state index contributed by atoms with van der Waals surface area (Å²) in [5, 5.41) is -1.71. The highest BCUT2D eigenvalue weighted by atomic mass is 32.2. The minimum Gasteiger partial charge on any atom is -0.457 e. The maximum absolute atomic E-state index is 13.2. The van der Waals surface area contributed by atoms with Crippen molar-refractivity contribution in [3.8, 4) is 0 Å². The molecule has 12 heteroatoms. The van der Waals surface area contributed by atoms with E-state index in [0.717, 1.165) is 98.4 Å². The SMILES string of the molecule is CCCCCCCCCCCCCSC(=O)OCC(COC(=O)SCCCCCCCCCCCCC)(COC(=O)SCCCCCCCCCCCCC)COC(=O)SCCCCCCCCCCCCC. The molecule has 0 aromatic heterocycles. The standard InChI is InChI=1S/C61H116O8S4/c1-5-9-13-17-21-25-29-33-37-41-45-49-70-57(62)66-53-61(54-67-58(63)71-50-46-42-38-34-30-26-22-18-14-10-6-2,55-68-59(64)72-51-47-43-39-35-31-27-23-19-15-11-7-3)56-69-60(65)73-52-48-44-40-36-32-28-24-20-16-12-8-4/h5-56H2,1-4H3. The van der Waals surface area contributed by atoms with Crippen LogP contribution >= 0.6 is 47.0 Å². The predicted molar refractivity (Wildman–Crippen MR) is 324 cm³/mol. The third kappa shape index (κ3) is 54.4. The summed E-state index contributed by atoms with van der Waals surface area (Å²) in [7, 11) is 0. The van der Waals surface area contributed by atoms with Crippen molar-refractivity contribution in [1.82, 2.24) is 0 Å². The monoisotopic (exact) mass is 1100 g/mol. The highest BCUT2D eigenvalue weighted by molar-refractivity contribution is 8.14. The van der Waals surface area contributed by atoms with Crippen LogP contribution in [0.5, 0.6) is 0 Å². The topological polar surface area (TPSA) is 105 Å². The number of thioether (sulfide) groups is 4. The first kappa shape index (κ1) is 72.3. The van der Waals surface area contributed by atoms with E-state index in [1.165, 1.54) is 231 Å². The van der Waals surface area contributed by atoms with E-state index in [-0.39, 0.29) is 26.4 Å². The Balaban J connectivity index is 5.43. The van der Waals surface area contributed by atoms with E-state index in [9.17, 15) is 19.2 Å². The van der Waals surface area contributed by atoms with Crippen molar-refractivity contribution in [2.75, 3.05) is 49.4 Å². The molecule has 0 aromatic carbocycles. The average Bonchev–Trinajstić information content (AvgIpc) is 3.39. The maximum Gasteiger partial charge on any atom is 0.367 e. The minimum atomic E-state index is -1.25. The van der Waals surface area contributed by atoms with Crippen molar-refractivity contribution < 1.29 is 38.1 Å². The quantitative estimate of drug-likeness (QED) is 0.0329. The van der Waals surface area contributed by atoms with Gasteiger partial charge in [-0.2, -0.15) is 0 Å². The maximum atomic E-state index is 13.2. The average molecular weight is 1110 g/mol. The lowest BCUT2D eigenvalue weighted by molar-refractivity contribution is -0.0354. The molecule has 0 bridgehead atoms. The number of hydrogen-bond acceptors (Lipinski definition) is 12.